The van der Waals surface area contributed by atoms with Crippen molar-refractivity contribution in [1.82, 2.24) is 4.67 Å². The highest BCUT2D eigenvalue weighted by Crippen LogP contribution is 2.57. The van der Waals surface area contributed by atoms with Crippen LogP contribution in [0.4, 0.5) is 0 Å². The van der Waals surface area contributed by atoms with Crippen molar-refractivity contribution in [3.63, 3.8) is 0 Å². The number of hydrogen-bond donors (Lipinski definition) is 0. The number of hydrogen-bond acceptors (Lipinski definition) is 5. The van der Waals surface area contributed by atoms with Crippen molar-refractivity contribution < 1.29 is 23.3 Å². The van der Waals surface area contributed by atoms with Gasteiger partial charge in [-0.3, -0.25) is 4.57 Å². The lowest BCUT2D eigenvalue weighted by atomic mass is 10.1. The van der Waals surface area contributed by atoms with Crippen LogP contribution < -0.4 is 0 Å². The van der Waals surface area contributed by atoms with Gasteiger partial charge in [-0.05, 0) is 41.5 Å². The van der Waals surface area contributed by atoms with Gasteiger partial charge in [0.2, 0.25) is 0 Å². The van der Waals surface area contributed by atoms with Crippen molar-refractivity contribution in [1.29, 1.82) is 0 Å². The molecule has 7 heteroatoms. The molecule has 0 radical (unpaired) electrons. The van der Waals surface area contributed by atoms with Gasteiger partial charge in [-0.25, -0.2) is 4.67 Å². The first kappa shape index (κ1) is 19.8. The molecule has 0 saturated carbocycles. The van der Waals surface area contributed by atoms with E-state index in [-0.39, 0.29) is 12.1 Å². The zero-order valence-electron chi connectivity index (χ0n) is 15.5. The van der Waals surface area contributed by atoms with E-state index in [9.17, 15) is 4.57 Å². The summed E-state index contributed by atoms with van der Waals surface area (Å²) in [6.07, 6.45) is -0.412. The minimum atomic E-state index is -3.28. The summed E-state index contributed by atoms with van der Waals surface area (Å²) in [5.41, 5.74) is 0. The Labute approximate surface area is 145 Å². The molecular formula is C17H30NO5P. The van der Waals surface area contributed by atoms with E-state index in [1.807, 2.05) is 46.2 Å². The maximum absolute atomic E-state index is 13.5. The molecule has 0 aliphatic carbocycles. The molecule has 2 saturated heterocycles. The van der Waals surface area contributed by atoms with E-state index in [4.69, 9.17) is 18.7 Å². The van der Waals surface area contributed by atoms with Crippen molar-refractivity contribution in [3.8, 4) is 0 Å². The highest BCUT2D eigenvalue weighted by Gasteiger charge is 2.56. The molecule has 0 aromatic carbocycles. The first-order valence-electron chi connectivity index (χ1n) is 8.39. The van der Waals surface area contributed by atoms with E-state index in [1.165, 1.54) is 5.82 Å². The predicted molar refractivity (Wildman–Crippen MR) is 93.7 cm³/mol. The molecule has 6 nitrogen and oxygen atoms in total. The molecule has 0 aromatic rings. The van der Waals surface area contributed by atoms with Gasteiger partial charge in [0.1, 0.15) is 18.3 Å². The van der Waals surface area contributed by atoms with Crippen LogP contribution in [0.5, 0.6) is 0 Å². The van der Waals surface area contributed by atoms with Gasteiger partial charge >= 0.3 is 0 Å². The van der Waals surface area contributed by atoms with Crippen molar-refractivity contribution >= 4 is 7.52 Å². The fourth-order valence-corrected chi connectivity index (χ4v) is 5.68. The summed E-state index contributed by atoms with van der Waals surface area (Å²) < 4.78 is 38.9. The fraction of sp³-hybridized carbons (Fsp3) is 0.765. The molecular weight excluding hydrogens is 329 g/mol. The summed E-state index contributed by atoms with van der Waals surface area (Å²) in [4.78, 5) is 0. The van der Waals surface area contributed by atoms with Gasteiger partial charge in [0.15, 0.2) is 12.1 Å². The first-order chi connectivity index (χ1) is 11.0. The minimum Gasteiger partial charge on any atom is -0.340 e. The molecule has 0 amide bonds. The summed E-state index contributed by atoms with van der Waals surface area (Å²) in [5, 5.41) is 0. The largest absolute Gasteiger partial charge is 0.340 e. The van der Waals surface area contributed by atoms with Gasteiger partial charge in [0.25, 0.3) is 7.52 Å². The average Bonchev–Trinajstić information content (AvgIpc) is 2.90. The fourth-order valence-electron chi connectivity index (χ4n) is 3.42. The summed E-state index contributed by atoms with van der Waals surface area (Å²) in [6.45, 7) is 19.1. The molecule has 1 unspecified atom stereocenters. The molecule has 0 N–H and O–H groups in total. The van der Waals surface area contributed by atoms with E-state index in [2.05, 4.69) is 13.2 Å². The van der Waals surface area contributed by atoms with Gasteiger partial charge in [-0.15, -0.1) is 6.58 Å². The van der Waals surface area contributed by atoms with Gasteiger partial charge in [-0.1, -0.05) is 12.7 Å². The molecule has 5 atom stereocenters. The number of ether oxygens (including phenoxy) is 3. The van der Waals surface area contributed by atoms with Crippen molar-refractivity contribution in [2.75, 3.05) is 0 Å². The van der Waals surface area contributed by atoms with Crippen LogP contribution in [-0.2, 0) is 23.3 Å². The van der Waals surface area contributed by atoms with E-state index < -0.39 is 37.9 Å². The minimum absolute atomic E-state index is 0.0336. The zero-order valence-corrected chi connectivity index (χ0v) is 16.4. The highest BCUT2D eigenvalue weighted by molar-refractivity contribution is 7.59. The molecule has 2 fully saturated rings. The van der Waals surface area contributed by atoms with Crippen LogP contribution in [0.15, 0.2) is 25.1 Å². The standard InChI is InChI=1S/C17H30NO5P/c1-9-13-14(15-16(20-13)22-17(7,8)21-15)23-24(19,10-2)18(11(3)4)12(5)6/h9-16H,1-2H2,3-8H3/t13-,14+,15-,16+,24?/m1/s1. The molecule has 138 valence electrons. The molecule has 2 heterocycles. The number of fused-ring (bicyclic) bond motifs is 1. The van der Waals surface area contributed by atoms with Crippen molar-refractivity contribution in [2.24, 2.45) is 0 Å². The summed E-state index contributed by atoms with van der Waals surface area (Å²) >= 11 is 0. The van der Waals surface area contributed by atoms with Gasteiger partial charge in [-0.2, -0.15) is 0 Å². The van der Waals surface area contributed by atoms with Crippen LogP contribution in [0.1, 0.15) is 41.5 Å². The lowest BCUT2D eigenvalue weighted by Gasteiger charge is -2.37. The lowest BCUT2D eigenvalue weighted by Crippen LogP contribution is -2.40. The van der Waals surface area contributed by atoms with Crippen molar-refractivity contribution in [2.45, 2.75) is 84.0 Å². The Bertz CT molecular complexity index is 525. The number of rotatable bonds is 7. The molecule has 0 aromatic heterocycles. The third-order valence-electron chi connectivity index (χ3n) is 4.14. The molecule has 2 aliphatic heterocycles. The second-order valence-electron chi connectivity index (χ2n) is 7.19. The Morgan fingerprint density at radius 1 is 1.17 bits per heavy atom. The van der Waals surface area contributed by atoms with E-state index >= 15 is 0 Å². The Morgan fingerprint density at radius 3 is 2.21 bits per heavy atom. The van der Waals surface area contributed by atoms with Gasteiger partial charge < -0.3 is 18.7 Å². The summed E-state index contributed by atoms with van der Waals surface area (Å²) in [5.74, 6) is 0.637. The second-order valence-corrected chi connectivity index (χ2v) is 9.36. The predicted octanol–water partition coefficient (Wildman–Crippen LogP) is 3.89. The molecule has 24 heavy (non-hydrogen) atoms. The average molecular weight is 359 g/mol. The Balaban J connectivity index is 2.29. The smallest absolute Gasteiger partial charge is 0.295 e. The maximum atomic E-state index is 13.5. The Morgan fingerprint density at radius 2 is 1.75 bits per heavy atom. The molecule has 0 spiro atoms. The molecule has 2 aliphatic rings. The van der Waals surface area contributed by atoms with Crippen LogP contribution in [-0.4, -0.2) is 47.1 Å². The normalized spacial score (nSPS) is 34.5. The van der Waals surface area contributed by atoms with E-state index in [0.717, 1.165) is 0 Å². The molecule has 2 rings (SSSR count). The Hall–Kier alpha value is -0.490. The highest BCUT2D eigenvalue weighted by atomic mass is 31.2. The first-order valence-corrected chi connectivity index (χ1v) is 10.0. The van der Waals surface area contributed by atoms with Crippen molar-refractivity contribution in [3.05, 3.63) is 25.1 Å². The van der Waals surface area contributed by atoms with Crippen LogP contribution in [0.3, 0.4) is 0 Å². The topological polar surface area (TPSA) is 57.2 Å². The third kappa shape index (κ3) is 3.69. The Kier molecular flexibility index (Phi) is 5.80. The second kappa shape index (κ2) is 7.02. The lowest BCUT2D eigenvalue weighted by molar-refractivity contribution is -0.207. The summed E-state index contributed by atoms with van der Waals surface area (Å²) in [6, 6.07) is 0.0673. The van der Waals surface area contributed by atoms with Crippen LogP contribution in [0, 0.1) is 0 Å². The quantitative estimate of drug-likeness (QED) is 0.508. The summed E-state index contributed by atoms with van der Waals surface area (Å²) in [7, 11) is -3.28. The molecule has 0 bridgehead atoms. The van der Waals surface area contributed by atoms with E-state index in [0.29, 0.717) is 0 Å². The maximum Gasteiger partial charge on any atom is 0.295 e. The van der Waals surface area contributed by atoms with Crippen LogP contribution in [0.25, 0.3) is 0 Å². The van der Waals surface area contributed by atoms with E-state index in [1.54, 1.807) is 6.08 Å². The zero-order chi connectivity index (χ0) is 18.3. The number of nitrogens with zero attached hydrogens (tertiary/aromatic N) is 1. The van der Waals surface area contributed by atoms with Crippen LogP contribution >= 0.6 is 7.52 Å². The van der Waals surface area contributed by atoms with Crippen LogP contribution in [0.2, 0.25) is 0 Å². The van der Waals surface area contributed by atoms with Gasteiger partial charge in [0.05, 0.1) is 0 Å². The van der Waals surface area contributed by atoms with Gasteiger partial charge in [0, 0.05) is 17.9 Å². The third-order valence-corrected chi connectivity index (χ3v) is 6.72. The monoisotopic (exact) mass is 359 g/mol. The SMILES string of the molecule is C=C[C@H]1O[C@H]2OC(C)(C)O[C@@H]2[C@H]1OP(=O)(C=C)N(C(C)C)C(C)C.